The predicted molar refractivity (Wildman–Crippen MR) is 88.6 cm³/mol. The molecule has 0 aliphatic rings. The molecule has 2 aromatic carbocycles. The highest BCUT2D eigenvalue weighted by Gasteiger charge is 2.25. The van der Waals surface area contributed by atoms with Crippen LogP contribution in [0.4, 0.5) is 8.78 Å². The molecule has 6 heteroatoms. The number of fused-ring (bicyclic) bond motifs is 1. The van der Waals surface area contributed by atoms with Gasteiger partial charge in [-0.05, 0) is 32.0 Å². The zero-order valence-electron chi connectivity index (χ0n) is 13.6. The van der Waals surface area contributed by atoms with Gasteiger partial charge in [0.05, 0.1) is 5.56 Å². The van der Waals surface area contributed by atoms with Crippen molar-refractivity contribution in [3.8, 4) is 0 Å². The molecule has 0 saturated heterocycles. The molecule has 1 aromatic heterocycles. The van der Waals surface area contributed by atoms with Crippen LogP contribution in [-0.4, -0.2) is 22.8 Å². The Kier molecular flexibility index (Phi) is 4.35. The van der Waals surface area contributed by atoms with Crippen molar-refractivity contribution < 1.29 is 23.1 Å². The number of hydrogen-bond donors (Lipinski definition) is 1. The van der Waals surface area contributed by atoms with Crippen molar-refractivity contribution in [3.05, 3.63) is 70.9 Å². The first-order valence-corrected chi connectivity index (χ1v) is 7.66. The van der Waals surface area contributed by atoms with Gasteiger partial charge in [0, 0.05) is 28.2 Å². The number of benzene rings is 2. The van der Waals surface area contributed by atoms with Gasteiger partial charge >= 0.3 is 5.97 Å². The number of ether oxygens (including phenoxy) is 1. The van der Waals surface area contributed by atoms with Crippen molar-refractivity contribution in [1.29, 1.82) is 0 Å². The lowest BCUT2D eigenvalue weighted by molar-refractivity contribution is 0.0314. The molecular formula is C19H15F2NO3. The minimum absolute atomic E-state index is 0.397. The molecule has 3 aromatic rings. The standard InChI is InChI=1S/C19H15F2NO3/c1-10-17(14-5-3-4-6-16(14)22-10)18(23)11(2)25-19(24)13-8-7-12(20)9-15(13)21/h3-9,11,22H,1-2H3/t11-/m1/s1. The maximum atomic E-state index is 13.7. The first-order chi connectivity index (χ1) is 11.9. The summed E-state index contributed by atoms with van der Waals surface area (Å²) in [6.45, 7) is 3.17. The average molecular weight is 343 g/mol. The van der Waals surface area contributed by atoms with E-state index in [4.69, 9.17) is 4.74 Å². The monoisotopic (exact) mass is 343 g/mol. The minimum atomic E-state index is -1.12. The molecule has 0 fully saturated rings. The molecule has 0 bridgehead atoms. The van der Waals surface area contributed by atoms with E-state index in [2.05, 4.69) is 4.98 Å². The quantitative estimate of drug-likeness (QED) is 0.571. The third kappa shape index (κ3) is 3.15. The fraction of sp³-hybridized carbons (Fsp3) is 0.158. The molecule has 1 N–H and O–H groups in total. The number of nitrogens with one attached hydrogen (secondary N) is 1. The van der Waals surface area contributed by atoms with E-state index < -0.39 is 35.1 Å². The smallest absolute Gasteiger partial charge is 0.341 e. The molecule has 0 aliphatic heterocycles. The zero-order chi connectivity index (χ0) is 18.1. The Labute approximate surface area is 142 Å². The molecule has 3 rings (SSSR count). The molecule has 128 valence electrons. The topological polar surface area (TPSA) is 59.2 Å². The van der Waals surface area contributed by atoms with E-state index in [1.54, 1.807) is 19.1 Å². The first-order valence-electron chi connectivity index (χ1n) is 7.66. The molecule has 0 radical (unpaired) electrons. The number of aromatic amines is 1. The number of para-hydroxylation sites is 1. The van der Waals surface area contributed by atoms with Crippen LogP contribution in [0.15, 0.2) is 42.5 Å². The van der Waals surface area contributed by atoms with Crippen molar-refractivity contribution in [2.75, 3.05) is 0 Å². The number of halogens is 2. The van der Waals surface area contributed by atoms with Crippen LogP contribution in [0.5, 0.6) is 0 Å². The SMILES string of the molecule is Cc1[nH]c2ccccc2c1C(=O)[C@@H](C)OC(=O)c1ccc(F)cc1F. The van der Waals surface area contributed by atoms with E-state index in [0.717, 1.165) is 23.0 Å². The molecular weight excluding hydrogens is 328 g/mol. The minimum Gasteiger partial charge on any atom is -0.451 e. The number of H-pyrrole nitrogens is 1. The zero-order valence-corrected chi connectivity index (χ0v) is 13.6. The number of Topliss-reactive ketones (excluding diaryl/α,β-unsaturated/α-hetero) is 1. The van der Waals surface area contributed by atoms with Crippen LogP contribution in [0.25, 0.3) is 10.9 Å². The highest BCUT2D eigenvalue weighted by Crippen LogP contribution is 2.24. The Bertz CT molecular complexity index is 978. The van der Waals surface area contributed by atoms with Crippen molar-refractivity contribution in [2.24, 2.45) is 0 Å². The molecule has 0 spiro atoms. The third-order valence-corrected chi connectivity index (χ3v) is 3.94. The van der Waals surface area contributed by atoms with Crippen LogP contribution in [0.2, 0.25) is 0 Å². The molecule has 25 heavy (non-hydrogen) atoms. The van der Waals surface area contributed by atoms with E-state index in [1.165, 1.54) is 6.92 Å². The first kappa shape index (κ1) is 16.8. The Hall–Kier alpha value is -3.02. The van der Waals surface area contributed by atoms with Gasteiger partial charge in [-0.2, -0.15) is 0 Å². The number of ketones is 1. The summed E-state index contributed by atoms with van der Waals surface area (Å²) in [4.78, 5) is 27.9. The Morgan fingerprint density at radius 2 is 1.84 bits per heavy atom. The van der Waals surface area contributed by atoms with E-state index in [0.29, 0.717) is 17.3 Å². The molecule has 4 nitrogen and oxygen atoms in total. The van der Waals surface area contributed by atoms with Crippen LogP contribution in [0, 0.1) is 18.6 Å². The van der Waals surface area contributed by atoms with E-state index in [9.17, 15) is 18.4 Å². The fourth-order valence-electron chi connectivity index (χ4n) is 2.73. The molecule has 0 saturated carbocycles. The normalized spacial score (nSPS) is 12.2. The average Bonchev–Trinajstić information content (AvgIpc) is 2.89. The van der Waals surface area contributed by atoms with Crippen molar-refractivity contribution >= 4 is 22.7 Å². The Morgan fingerprint density at radius 3 is 2.56 bits per heavy atom. The fourth-order valence-corrected chi connectivity index (χ4v) is 2.73. The van der Waals surface area contributed by atoms with Crippen molar-refractivity contribution in [1.82, 2.24) is 4.98 Å². The predicted octanol–water partition coefficient (Wildman–Crippen LogP) is 4.18. The number of carbonyl (C=O) groups is 2. The summed E-state index contributed by atoms with van der Waals surface area (Å²) >= 11 is 0. The van der Waals surface area contributed by atoms with E-state index in [-0.39, 0.29) is 0 Å². The highest BCUT2D eigenvalue weighted by molar-refractivity contribution is 6.11. The van der Waals surface area contributed by atoms with Gasteiger partial charge in [-0.1, -0.05) is 18.2 Å². The van der Waals surface area contributed by atoms with Crippen LogP contribution >= 0.6 is 0 Å². The van der Waals surface area contributed by atoms with Gasteiger partial charge in [-0.15, -0.1) is 0 Å². The highest BCUT2D eigenvalue weighted by atomic mass is 19.1. The number of hydrogen-bond acceptors (Lipinski definition) is 3. The van der Waals surface area contributed by atoms with Crippen LogP contribution in [0.3, 0.4) is 0 Å². The molecule has 0 amide bonds. The van der Waals surface area contributed by atoms with Crippen LogP contribution in [0.1, 0.15) is 33.3 Å². The van der Waals surface area contributed by atoms with Gasteiger partial charge in [0.2, 0.25) is 5.78 Å². The summed E-state index contributed by atoms with van der Waals surface area (Å²) in [5.74, 6) is -3.25. The summed E-state index contributed by atoms with van der Waals surface area (Å²) in [6, 6.07) is 9.80. The largest absolute Gasteiger partial charge is 0.451 e. The summed E-state index contributed by atoms with van der Waals surface area (Å²) in [5.41, 5.74) is 1.46. The van der Waals surface area contributed by atoms with Crippen LogP contribution < -0.4 is 0 Å². The summed E-state index contributed by atoms with van der Waals surface area (Å²) in [6.07, 6.45) is -1.12. The Balaban J connectivity index is 1.85. The lowest BCUT2D eigenvalue weighted by Crippen LogP contribution is -2.25. The van der Waals surface area contributed by atoms with Gasteiger partial charge in [0.25, 0.3) is 0 Å². The molecule has 1 atom stereocenters. The maximum absolute atomic E-state index is 13.7. The van der Waals surface area contributed by atoms with Gasteiger partial charge < -0.3 is 9.72 Å². The molecule has 1 heterocycles. The second-order valence-corrected chi connectivity index (χ2v) is 5.71. The van der Waals surface area contributed by atoms with Gasteiger partial charge in [0.1, 0.15) is 11.6 Å². The lowest BCUT2D eigenvalue weighted by Gasteiger charge is -2.13. The van der Waals surface area contributed by atoms with Crippen molar-refractivity contribution in [3.63, 3.8) is 0 Å². The van der Waals surface area contributed by atoms with Gasteiger partial charge in [-0.3, -0.25) is 4.79 Å². The lowest BCUT2D eigenvalue weighted by atomic mass is 10.0. The number of carbonyl (C=O) groups excluding carboxylic acids is 2. The number of aryl methyl sites for hydroxylation is 1. The summed E-state index contributed by atoms with van der Waals surface area (Å²) in [7, 11) is 0. The second kappa shape index (κ2) is 6.47. The van der Waals surface area contributed by atoms with Gasteiger partial charge in [0.15, 0.2) is 6.10 Å². The number of rotatable bonds is 4. The van der Waals surface area contributed by atoms with E-state index >= 15 is 0 Å². The number of esters is 1. The second-order valence-electron chi connectivity index (χ2n) is 5.71. The molecule has 0 aliphatic carbocycles. The summed E-state index contributed by atoms with van der Waals surface area (Å²) < 4.78 is 31.7. The van der Waals surface area contributed by atoms with E-state index in [1.807, 2.05) is 12.1 Å². The summed E-state index contributed by atoms with van der Waals surface area (Å²) in [5, 5.41) is 0.723. The van der Waals surface area contributed by atoms with Crippen LogP contribution in [-0.2, 0) is 4.74 Å². The third-order valence-electron chi connectivity index (χ3n) is 3.94. The Morgan fingerprint density at radius 1 is 1.12 bits per heavy atom. The van der Waals surface area contributed by atoms with Gasteiger partial charge in [-0.25, -0.2) is 13.6 Å². The number of aromatic nitrogens is 1. The van der Waals surface area contributed by atoms with Crippen molar-refractivity contribution in [2.45, 2.75) is 20.0 Å². The maximum Gasteiger partial charge on any atom is 0.341 e. The molecule has 0 unspecified atom stereocenters.